The molecular weight excluding hydrogens is 326 g/mol. The number of esters is 1. The van der Waals surface area contributed by atoms with Crippen molar-refractivity contribution >= 4 is 17.7 Å². The van der Waals surface area contributed by atoms with Gasteiger partial charge in [0.15, 0.2) is 6.61 Å². The van der Waals surface area contributed by atoms with Gasteiger partial charge in [0.2, 0.25) is 5.76 Å². The minimum absolute atomic E-state index is 0.0516. The van der Waals surface area contributed by atoms with Gasteiger partial charge in [-0.25, -0.2) is 9.48 Å². The first-order valence-corrected chi connectivity index (χ1v) is 7.67. The number of aromatic nitrogens is 2. The molecule has 8 heteroatoms. The normalized spacial score (nSPS) is 13.2. The first-order chi connectivity index (χ1) is 12.1. The molecule has 1 N–H and O–H groups in total. The van der Waals surface area contributed by atoms with Gasteiger partial charge in [-0.05, 0) is 19.1 Å². The van der Waals surface area contributed by atoms with Crippen LogP contribution in [0.15, 0.2) is 48.4 Å². The molecule has 0 spiro atoms. The molecular formula is C17H17N3O5. The van der Waals surface area contributed by atoms with Crippen LogP contribution in [0.2, 0.25) is 0 Å². The van der Waals surface area contributed by atoms with Crippen LogP contribution in [0.1, 0.15) is 5.69 Å². The Hall–Kier alpha value is -3.29. The lowest BCUT2D eigenvalue weighted by Crippen LogP contribution is -2.24. The molecule has 0 aliphatic carbocycles. The van der Waals surface area contributed by atoms with Gasteiger partial charge in [0.25, 0.3) is 5.91 Å². The van der Waals surface area contributed by atoms with Crippen LogP contribution in [0.25, 0.3) is 5.69 Å². The summed E-state index contributed by atoms with van der Waals surface area (Å²) >= 11 is 0. The minimum atomic E-state index is -0.748. The minimum Gasteiger partial charge on any atom is -0.493 e. The Kier molecular flexibility index (Phi) is 4.98. The first-order valence-electron chi connectivity index (χ1n) is 7.67. The van der Waals surface area contributed by atoms with E-state index in [-0.39, 0.29) is 12.4 Å². The predicted molar refractivity (Wildman–Crippen MR) is 87.9 cm³/mol. The fraction of sp³-hybridized carbons (Fsp3) is 0.235. The molecule has 130 valence electrons. The molecule has 2 heterocycles. The van der Waals surface area contributed by atoms with Crippen LogP contribution < -0.4 is 5.32 Å². The van der Waals surface area contributed by atoms with E-state index >= 15 is 0 Å². The van der Waals surface area contributed by atoms with Crippen LogP contribution in [-0.2, 0) is 23.8 Å². The second kappa shape index (κ2) is 7.52. The van der Waals surface area contributed by atoms with Crippen molar-refractivity contribution < 1.29 is 23.8 Å². The van der Waals surface area contributed by atoms with Crippen LogP contribution in [-0.4, -0.2) is 41.5 Å². The Labute approximate surface area is 144 Å². The number of hydrogen-bond acceptors (Lipinski definition) is 6. The Bertz CT molecular complexity index is 798. The van der Waals surface area contributed by atoms with Gasteiger partial charge in [0.1, 0.15) is 25.3 Å². The van der Waals surface area contributed by atoms with Crippen molar-refractivity contribution in [3.05, 3.63) is 54.1 Å². The lowest BCUT2D eigenvalue weighted by molar-refractivity contribution is -0.148. The van der Waals surface area contributed by atoms with Gasteiger partial charge in [-0.1, -0.05) is 18.2 Å². The summed E-state index contributed by atoms with van der Waals surface area (Å²) in [6, 6.07) is 11.1. The van der Waals surface area contributed by atoms with E-state index < -0.39 is 18.5 Å². The van der Waals surface area contributed by atoms with Gasteiger partial charge in [0, 0.05) is 6.07 Å². The maximum Gasteiger partial charge on any atom is 0.377 e. The third kappa shape index (κ3) is 4.17. The third-order valence-corrected chi connectivity index (χ3v) is 3.28. The van der Waals surface area contributed by atoms with Crippen molar-refractivity contribution in [2.75, 3.05) is 25.1 Å². The van der Waals surface area contributed by atoms with Gasteiger partial charge >= 0.3 is 5.97 Å². The molecule has 1 aromatic carbocycles. The van der Waals surface area contributed by atoms with Crippen LogP contribution in [0.4, 0.5) is 5.82 Å². The molecule has 3 rings (SSSR count). The number of benzene rings is 1. The summed E-state index contributed by atoms with van der Waals surface area (Å²) in [5.41, 5.74) is 1.55. The highest BCUT2D eigenvalue weighted by molar-refractivity contribution is 5.94. The van der Waals surface area contributed by atoms with E-state index in [1.807, 2.05) is 37.3 Å². The number of nitrogens with zero attached hydrogens (tertiary/aromatic N) is 2. The van der Waals surface area contributed by atoms with Crippen LogP contribution >= 0.6 is 0 Å². The second-order valence-electron chi connectivity index (χ2n) is 5.24. The quantitative estimate of drug-likeness (QED) is 0.828. The topological polar surface area (TPSA) is 91.7 Å². The maximum atomic E-state index is 12.1. The standard InChI is InChI=1S/C17H17N3O5/c1-12-9-15(20(19-12)13-5-3-2-4-6-13)18-16(21)11-25-17(22)14-10-23-7-8-24-14/h2-6,9-10H,7-8,11H2,1H3,(H,18,21). The van der Waals surface area contributed by atoms with Gasteiger partial charge in [-0.2, -0.15) is 5.10 Å². The summed E-state index contributed by atoms with van der Waals surface area (Å²) in [5.74, 6) is -0.796. The fourth-order valence-electron chi connectivity index (χ4n) is 2.21. The number of amides is 1. The van der Waals surface area contributed by atoms with E-state index in [4.69, 9.17) is 14.2 Å². The number of carbonyl (C=O) groups excluding carboxylic acids is 2. The highest BCUT2D eigenvalue weighted by Crippen LogP contribution is 2.16. The summed E-state index contributed by atoms with van der Waals surface area (Å²) in [7, 11) is 0. The van der Waals surface area contributed by atoms with E-state index in [9.17, 15) is 9.59 Å². The molecule has 0 saturated heterocycles. The Morgan fingerprint density at radius 2 is 2.08 bits per heavy atom. The van der Waals surface area contributed by atoms with Crippen molar-refractivity contribution in [3.63, 3.8) is 0 Å². The molecule has 0 radical (unpaired) electrons. The SMILES string of the molecule is Cc1cc(NC(=O)COC(=O)C2=COCCO2)n(-c2ccccc2)n1. The van der Waals surface area contributed by atoms with E-state index in [0.717, 1.165) is 11.4 Å². The molecule has 8 nitrogen and oxygen atoms in total. The molecule has 1 aliphatic rings. The molecule has 0 bridgehead atoms. The first kappa shape index (κ1) is 16.6. The van der Waals surface area contributed by atoms with Crippen LogP contribution in [0.3, 0.4) is 0 Å². The number of hydrogen-bond donors (Lipinski definition) is 1. The lowest BCUT2D eigenvalue weighted by atomic mass is 10.3. The van der Waals surface area contributed by atoms with E-state index in [0.29, 0.717) is 12.4 Å². The summed E-state index contributed by atoms with van der Waals surface area (Å²) in [5, 5.41) is 7.03. The average Bonchev–Trinajstić information content (AvgIpc) is 3.01. The van der Waals surface area contributed by atoms with Crippen molar-refractivity contribution in [1.82, 2.24) is 9.78 Å². The predicted octanol–water partition coefficient (Wildman–Crippen LogP) is 1.55. The van der Waals surface area contributed by atoms with Crippen LogP contribution in [0.5, 0.6) is 0 Å². The zero-order valence-corrected chi connectivity index (χ0v) is 13.6. The molecule has 2 aromatic rings. The summed E-state index contributed by atoms with van der Waals surface area (Å²) in [6.07, 6.45) is 1.18. The number of rotatable bonds is 5. The number of nitrogens with one attached hydrogen (secondary N) is 1. The highest BCUT2D eigenvalue weighted by atomic mass is 16.6. The van der Waals surface area contributed by atoms with Crippen molar-refractivity contribution in [3.8, 4) is 5.69 Å². The smallest absolute Gasteiger partial charge is 0.377 e. The monoisotopic (exact) mass is 343 g/mol. The number of ether oxygens (including phenoxy) is 3. The van der Waals surface area contributed by atoms with E-state index in [1.54, 1.807) is 10.7 Å². The highest BCUT2D eigenvalue weighted by Gasteiger charge is 2.18. The Balaban J connectivity index is 1.62. The fourth-order valence-corrected chi connectivity index (χ4v) is 2.21. The number of anilines is 1. The molecule has 25 heavy (non-hydrogen) atoms. The largest absolute Gasteiger partial charge is 0.493 e. The molecule has 1 amide bonds. The summed E-state index contributed by atoms with van der Waals surface area (Å²) in [4.78, 5) is 23.8. The van der Waals surface area contributed by atoms with Crippen molar-refractivity contribution in [2.45, 2.75) is 6.92 Å². The number of aryl methyl sites for hydroxylation is 1. The number of carbonyl (C=O) groups is 2. The number of para-hydroxylation sites is 1. The molecule has 0 saturated carbocycles. The van der Waals surface area contributed by atoms with Crippen LogP contribution in [0, 0.1) is 6.92 Å². The summed E-state index contributed by atoms with van der Waals surface area (Å²) < 4.78 is 16.6. The van der Waals surface area contributed by atoms with Gasteiger partial charge in [-0.15, -0.1) is 0 Å². The molecule has 1 aliphatic heterocycles. The van der Waals surface area contributed by atoms with Crippen molar-refractivity contribution in [1.29, 1.82) is 0 Å². The lowest BCUT2D eigenvalue weighted by Gasteiger charge is -2.14. The summed E-state index contributed by atoms with van der Waals surface area (Å²) in [6.45, 7) is 2.02. The zero-order chi connectivity index (χ0) is 17.6. The van der Waals surface area contributed by atoms with Gasteiger partial charge in [0.05, 0.1) is 11.4 Å². The van der Waals surface area contributed by atoms with Crippen molar-refractivity contribution in [2.24, 2.45) is 0 Å². The maximum absolute atomic E-state index is 12.1. The Morgan fingerprint density at radius 1 is 1.28 bits per heavy atom. The molecule has 1 aromatic heterocycles. The molecule has 0 unspecified atom stereocenters. The van der Waals surface area contributed by atoms with E-state index in [2.05, 4.69) is 10.4 Å². The average molecular weight is 343 g/mol. The third-order valence-electron chi connectivity index (χ3n) is 3.28. The second-order valence-corrected chi connectivity index (χ2v) is 5.24. The van der Waals surface area contributed by atoms with Gasteiger partial charge in [-0.3, -0.25) is 4.79 Å². The van der Waals surface area contributed by atoms with Gasteiger partial charge < -0.3 is 19.5 Å². The van der Waals surface area contributed by atoms with E-state index in [1.165, 1.54) is 6.26 Å². The zero-order valence-electron chi connectivity index (χ0n) is 13.6. The molecule has 0 atom stereocenters. The molecule has 0 fully saturated rings. The Morgan fingerprint density at radius 3 is 2.80 bits per heavy atom.